The maximum atomic E-state index is 13.5. The van der Waals surface area contributed by atoms with E-state index < -0.39 is 38.1 Å². The fourth-order valence-corrected chi connectivity index (χ4v) is 11.4. The van der Waals surface area contributed by atoms with Crippen LogP contribution in [0, 0.1) is 18.3 Å². The lowest BCUT2D eigenvalue weighted by atomic mass is 9.79. The molecule has 18 nitrogen and oxygen atoms in total. The molecule has 2 bridgehead atoms. The van der Waals surface area contributed by atoms with Gasteiger partial charge in [-0.15, -0.1) is 5.10 Å². The minimum atomic E-state index is -1.84. The summed E-state index contributed by atoms with van der Waals surface area (Å²) in [7, 11) is 3.30. The van der Waals surface area contributed by atoms with E-state index in [0.29, 0.717) is 40.0 Å². The van der Waals surface area contributed by atoms with Crippen molar-refractivity contribution >= 4 is 37.4 Å². The molecule has 368 valence electrons. The summed E-state index contributed by atoms with van der Waals surface area (Å²) in [5, 5.41) is 17.6. The molecule has 71 heavy (non-hydrogen) atoms. The number of nitrogens with zero attached hydrogens (tertiary/aromatic N) is 10. The SMILES string of the molecule is COc1ccc(C(OC[C@@]23CN(c4nc(C)n(C)n4)[C@@H]([C@H](n4cnc5c(NC(=O)c6ccccc6)ncnc54)O2)[C@@H]3OP(OCCC#N)N(C(C)C)C(C)C)(c2ccccc2)c2ccc(OC)cc2)cc1. The summed E-state index contributed by atoms with van der Waals surface area (Å²) in [6.45, 7) is 10.7. The normalized spacial score (nSPS) is 19.2. The second-order valence-corrected chi connectivity index (χ2v) is 19.4. The topological polar surface area (TPSA) is 189 Å². The lowest BCUT2D eigenvalue weighted by molar-refractivity contribution is -0.155. The van der Waals surface area contributed by atoms with Gasteiger partial charge in [0.1, 0.15) is 47.0 Å². The molecule has 0 radical (unpaired) electrons. The van der Waals surface area contributed by atoms with Crippen LogP contribution in [0.15, 0.2) is 122 Å². The van der Waals surface area contributed by atoms with Crippen molar-refractivity contribution in [3.8, 4) is 17.6 Å². The lowest BCUT2D eigenvalue weighted by Gasteiger charge is -2.42. The van der Waals surface area contributed by atoms with Crippen LogP contribution in [-0.2, 0) is 31.2 Å². The number of benzene rings is 4. The Hall–Kier alpha value is -6.84. The Morgan fingerprint density at radius 2 is 1.52 bits per heavy atom. The summed E-state index contributed by atoms with van der Waals surface area (Å²) in [5.74, 6) is 2.45. The highest BCUT2D eigenvalue weighted by atomic mass is 31.2. The van der Waals surface area contributed by atoms with Gasteiger partial charge in [-0.05, 0) is 87.7 Å². The Morgan fingerprint density at radius 1 is 0.901 bits per heavy atom. The number of anilines is 2. The van der Waals surface area contributed by atoms with Gasteiger partial charge in [-0.3, -0.25) is 14.0 Å². The molecule has 5 heterocycles. The molecule has 0 aliphatic carbocycles. The maximum absolute atomic E-state index is 13.5. The quantitative estimate of drug-likeness (QED) is 0.0435. The van der Waals surface area contributed by atoms with Crippen molar-refractivity contribution in [2.24, 2.45) is 7.05 Å². The molecule has 5 atom stereocenters. The van der Waals surface area contributed by atoms with Gasteiger partial charge in [-0.1, -0.05) is 72.8 Å². The smallest absolute Gasteiger partial charge is 0.259 e. The van der Waals surface area contributed by atoms with Crippen LogP contribution in [0.25, 0.3) is 11.2 Å². The number of carbonyl (C=O) groups is 1. The molecule has 3 aromatic heterocycles. The minimum Gasteiger partial charge on any atom is -0.497 e. The molecule has 9 rings (SSSR count). The van der Waals surface area contributed by atoms with Crippen LogP contribution in [0.2, 0.25) is 0 Å². The number of hydrogen-bond acceptors (Lipinski definition) is 15. The van der Waals surface area contributed by atoms with E-state index in [2.05, 4.69) is 65.8 Å². The van der Waals surface area contributed by atoms with E-state index >= 15 is 0 Å². The van der Waals surface area contributed by atoms with E-state index in [0.717, 1.165) is 16.7 Å². The number of aromatic nitrogens is 7. The fourth-order valence-electron chi connectivity index (χ4n) is 9.58. The fraction of sp³-hybridized carbons (Fsp3) is 0.365. The van der Waals surface area contributed by atoms with E-state index in [-0.39, 0.29) is 50.0 Å². The summed E-state index contributed by atoms with van der Waals surface area (Å²) >= 11 is 0. The molecule has 1 N–H and O–H groups in total. The summed E-state index contributed by atoms with van der Waals surface area (Å²) in [4.78, 5) is 34.6. The number of rotatable bonds is 20. The average molecular weight is 980 g/mol. The second-order valence-electron chi connectivity index (χ2n) is 18.0. The molecule has 2 aliphatic heterocycles. The predicted octanol–water partition coefficient (Wildman–Crippen LogP) is 8.36. The molecular weight excluding hydrogens is 922 g/mol. The number of hydrogen-bond donors (Lipinski definition) is 1. The van der Waals surface area contributed by atoms with Crippen molar-refractivity contribution in [3.05, 3.63) is 150 Å². The van der Waals surface area contributed by atoms with Crippen LogP contribution in [0.3, 0.4) is 0 Å². The number of fused-ring (bicyclic) bond motifs is 3. The molecule has 1 unspecified atom stereocenters. The van der Waals surface area contributed by atoms with Crippen LogP contribution < -0.4 is 19.7 Å². The molecule has 2 aliphatic rings. The molecule has 2 saturated heterocycles. The maximum Gasteiger partial charge on any atom is 0.259 e. The standard InChI is InChI=1S/C52H58N11O7P/c1-34(2)63(35(3)4)71(68-29-15-28-53)70-45-44-49(62-33-56-43-46(54-32-55-47(43)62)58-48(64)37-16-11-9-12-17-37)69-51(45,30-61(44)50-57-36(5)60(6)59-50)31-67-52(38-18-13-10-14-19-38,39-20-24-41(65-7)25-21-39)40-22-26-42(66-8)27-23-40/h9-14,16-27,32-35,44-45,49H,15,29-31H2,1-8H3,(H,54,55,58,64)/t44-,45+,49-,51-,71?/m1/s1. The highest BCUT2D eigenvalue weighted by Gasteiger charge is 2.68. The Bertz CT molecular complexity index is 2890. The zero-order valence-corrected chi connectivity index (χ0v) is 41.9. The Kier molecular flexibility index (Phi) is 14.4. The number of carbonyl (C=O) groups excluding carboxylic acids is 1. The van der Waals surface area contributed by atoms with Gasteiger partial charge in [-0.25, -0.2) is 19.6 Å². The first kappa shape index (κ1) is 49.2. The first-order valence-corrected chi connectivity index (χ1v) is 24.6. The van der Waals surface area contributed by atoms with Crippen LogP contribution in [0.4, 0.5) is 11.8 Å². The molecule has 2 fully saturated rings. The number of methoxy groups -OCH3 is 2. The average Bonchev–Trinajstić information content (AvgIpc) is 4.14. The number of aryl methyl sites for hydroxylation is 2. The predicted molar refractivity (Wildman–Crippen MR) is 268 cm³/mol. The first-order chi connectivity index (χ1) is 34.4. The van der Waals surface area contributed by atoms with E-state index in [4.69, 9.17) is 48.0 Å². The van der Waals surface area contributed by atoms with E-state index in [1.54, 1.807) is 49.5 Å². The molecule has 0 saturated carbocycles. The third-order valence-corrected chi connectivity index (χ3v) is 15.1. The van der Waals surface area contributed by atoms with Crippen LogP contribution in [0.1, 0.15) is 73.2 Å². The van der Waals surface area contributed by atoms with Gasteiger partial charge in [0.25, 0.3) is 14.4 Å². The number of nitrogens with one attached hydrogen (secondary N) is 1. The summed E-state index contributed by atoms with van der Waals surface area (Å²) in [5.41, 5.74) is 1.25. The molecule has 1 amide bonds. The van der Waals surface area contributed by atoms with Crippen molar-refractivity contribution in [1.82, 2.24) is 39.0 Å². The monoisotopic (exact) mass is 979 g/mol. The molecular formula is C52H58N11O7P. The summed E-state index contributed by atoms with van der Waals surface area (Å²) in [6, 6.07) is 36.3. The van der Waals surface area contributed by atoms with Gasteiger partial charge in [-0.2, -0.15) is 10.2 Å². The van der Waals surface area contributed by atoms with Gasteiger partial charge in [0.2, 0.25) is 5.95 Å². The lowest BCUT2D eigenvalue weighted by Crippen LogP contribution is -2.51. The highest BCUT2D eigenvalue weighted by molar-refractivity contribution is 7.44. The van der Waals surface area contributed by atoms with Crippen molar-refractivity contribution in [1.29, 1.82) is 5.26 Å². The molecule has 7 aromatic rings. The zero-order chi connectivity index (χ0) is 49.9. The Labute approximate surface area is 414 Å². The highest BCUT2D eigenvalue weighted by Crippen LogP contribution is 2.58. The molecule has 0 spiro atoms. The van der Waals surface area contributed by atoms with Crippen LogP contribution in [0.5, 0.6) is 11.5 Å². The van der Waals surface area contributed by atoms with Crippen molar-refractivity contribution < 1.29 is 32.8 Å². The number of morpholine rings is 1. The van der Waals surface area contributed by atoms with Gasteiger partial charge in [0, 0.05) is 24.7 Å². The van der Waals surface area contributed by atoms with Crippen molar-refractivity contribution in [2.75, 3.05) is 44.2 Å². The molecule has 19 heteroatoms. The van der Waals surface area contributed by atoms with E-state index in [1.165, 1.54) is 6.33 Å². The molecule has 4 aromatic carbocycles. The third kappa shape index (κ3) is 9.44. The number of ether oxygens (including phenoxy) is 4. The van der Waals surface area contributed by atoms with Crippen molar-refractivity contribution in [3.63, 3.8) is 0 Å². The van der Waals surface area contributed by atoms with Gasteiger partial charge < -0.3 is 38.2 Å². The summed E-state index contributed by atoms with van der Waals surface area (Å²) < 4.78 is 46.5. The largest absolute Gasteiger partial charge is 0.497 e. The minimum absolute atomic E-state index is 0.00272. The first-order valence-electron chi connectivity index (χ1n) is 23.5. The van der Waals surface area contributed by atoms with Crippen LogP contribution >= 0.6 is 8.53 Å². The van der Waals surface area contributed by atoms with E-state index in [9.17, 15) is 10.1 Å². The van der Waals surface area contributed by atoms with Crippen LogP contribution in [-0.4, -0.2) is 109 Å². The van der Waals surface area contributed by atoms with E-state index in [1.807, 2.05) is 91.3 Å². The summed E-state index contributed by atoms with van der Waals surface area (Å²) in [6.07, 6.45) is 1.57. The van der Waals surface area contributed by atoms with Gasteiger partial charge in [0.05, 0.1) is 52.8 Å². The Morgan fingerprint density at radius 3 is 2.10 bits per heavy atom. The van der Waals surface area contributed by atoms with Gasteiger partial charge in [0.15, 0.2) is 23.2 Å². The number of amides is 1. The number of imidazole rings is 1. The van der Waals surface area contributed by atoms with Crippen molar-refractivity contribution in [2.45, 2.75) is 82.7 Å². The third-order valence-electron chi connectivity index (χ3n) is 13.0. The Balaban J connectivity index is 1.23. The second kappa shape index (κ2) is 20.9. The van der Waals surface area contributed by atoms with Gasteiger partial charge >= 0.3 is 0 Å². The number of nitriles is 1. The zero-order valence-electron chi connectivity index (χ0n) is 41.0.